The maximum Gasteiger partial charge on any atom is 0.224 e. The van der Waals surface area contributed by atoms with Gasteiger partial charge in [0, 0.05) is 12.5 Å². The predicted molar refractivity (Wildman–Crippen MR) is 78.9 cm³/mol. The molecule has 0 bridgehead atoms. The van der Waals surface area contributed by atoms with E-state index >= 15 is 0 Å². The summed E-state index contributed by atoms with van der Waals surface area (Å²) in [5, 5.41) is 21.6. The molecule has 1 amide bonds. The van der Waals surface area contributed by atoms with Crippen LogP contribution in [0.3, 0.4) is 0 Å². The van der Waals surface area contributed by atoms with Crippen molar-refractivity contribution in [3.63, 3.8) is 0 Å². The molecule has 3 N–H and O–H groups in total. The van der Waals surface area contributed by atoms with Gasteiger partial charge in [0.1, 0.15) is 5.82 Å². The van der Waals surface area contributed by atoms with Crippen molar-refractivity contribution in [1.29, 1.82) is 0 Å². The Balaban J connectivity index is 1.56. The summed E-state index contributed by atoms with van der Waals surface area (Å²) in [5.41, 5.74) is 1.69. The first kappa shape index (κ1) is 14.4. The lowest BCUT2D eigenvalue weighted by atomic mass is 10.1. The molecule has 2 aromatic rings. The van der Waals surface area contributed by atoms with Crippen LogP contribution in [0.1, 0.15) is 23.5 Å². The number of nitrogens with one attached hydrogen (secondary N) is 1. The Bertz CT molecular complexity index is 700. The standard InChI is InChI=1S/C17H16FNO3/c18-12-4-1-10(2-5-12)9-19-17(22)14-8-13(14)11-3-6-15(20)16(21)7-11/h1-7,13-14,20-21H,8-9H2,(H,19,22). The molecule has 114 valence electrons. The summed E-state index contributed by atoms with van der Waals surface area (Å²) in [6.07, 6.45) is 0.722. The van der Waals surface area contributed by atoms with Gasteiger partial charge >= 0.3 is 0 Å². The summed E-state index contributed by atoms with van der Waals surface area (Å²) >= 11 is 0. The van der Waals surface area contributed by atoms with Crippen LogP contribution in [0.15, 0.2) is 42.5 Å². The van der Waals surface area contributed by atoms with Crippen LogP contribution < -0.4 is 5.32 Å². The van der Waals surface area contributed by atoms with Crippen molar-refractivity contribution in [3.8, 4) is 11.5 Å². The largest absolute Gasteiger partial charge is 0.504 e. The van der Waals surface area contributed by atoms with Gasteiger partial charge in [0.25, 0.3) is 0 Å². The van der Waals surface area contributed by atoms with Crippen LogP contribution >= 0.6 is 0 Å². The number of aromatic hydroxyl groups is 2. The third-order valence-electron chi connectivity index (χ3n) is 3.93. The molecule has 0 radical (unpaired) electrons. The molecule has 0 aliphatic heterocycles. The van der Waals surface area contributed by atoms with E-state index in [1.54, 1.807) is 18.2 Å². The first-order valence-corrected chi connectivity index (χ1v) is 7.08. The SMILES string of the molecule is O=C(NCc1ccc(F)cc1)C1CC1c1ccc(O)c(O)c1. The molecule has 1 saturated carbocycles. The molecule has 22 heavy (non-hydrogen) atoms. The van der Waals surface area contributed by atoms with Gasteiger partial charge in [0.15, 0.2) is 11.5 Å². The molecule has 2 atom stereocenters. The molecule has 1 aliphatic rings. The van der Waals surface area contributed by atoms with Crippen LogP contribution in [0.5, 0.6) is 11.5 Å². The molecule has 4 nitrogen and oxygen atoms in total. The number of phenols is 2. The average Bonchev–Trinajstić information content (AvgIpc) is 3.30. The molecular weight excluding hydrogens is 285 g/mol. The van der Waals surface area contributed by atoms with Crippen molar-refractivity contribution < 1.29 is 19.4 Å². The van der Waals surface area contributed by atoms with E-state index in [1.165, 1.54) is 24.3 Å². The smallest absolute Gasteiger partial charge is 0.224 e. The zero-order chi connectivity index (χ0) is 15.7. The summed E-state index contributed by atoms with van der Waals surface area (Å²) in [5.74, 6) is -0.743. The van der Waals surface area contributed by atoms with Gasteiger partial charge < -0.3 is 15.5 Å². The monoisotopic (exact) mass is 301 g/mol. The Labute approximate surface area is 127 Å². The molecule has 0 heterocycles. The minimum Gasteiger partial charge on any atom is -0.504 e. The zero-order valence-corrected chi connectivity index (χ0v) is 11.8. The molecule has 1 fully saturated rings. The maximum atomic E-state index is 12.8. The molecule has 0 saturated heterocycles. The summed E-state index contributed by atoms with van der Waals surface area (Å²) in [7, 11) is 0. The van der Waals surface area contributed by atoms with E-state index in [0.29, 0.717) is 6.54 Å². The van der Waals surface area contributed by atoms with Crippen molar-refractivity contribution in [2.75, 3.05) is 0 Å². The maximum absolute atomic E-state index is 12.8. The van der Waals surface area contributed by atoms with Crippen molar-refractivity contribution in [2.45, 2.75) is 18.9 Å². The highest BCUT2D eigenvalue weighted by Crippen LogP contribution is 2.48. The Hall–Kier alpha value is -2.56. The number of phenolic OH excluding ortho intramolecular Hbond substituents is 2. The van der Waals surface area contributed by atoms with E-state index in [1.807, 2.05) is 0 Å². The quantitative estimate of drug-likeness (QED) is 0.760. The lowest BCUT2D eigenvalue weighted by Gasteiger charge is -2.06. The second kappa shape index (κ2) is 5.67. The van der Waals surface area contributed by atoms with E-state index in [9.17, 15) is 19.4 Å². The third kappa shape index (κ3) is 3.03. The molecule has 1 aliphatic carbocycles. The fourth-order valence-electron chi connectivity index (χ4n) is 2.55. The highest BCUT2D eigenvalue weighted by atomic mass is 19.1. The van der Waals surface area contributed by atoms with Crippen LogP contribution in [0.2, 0.25) is 0 Å². The van der Waals surface area contributed by atoms with Gasteiger partial charge in [-0.25, -0.2) is 4.39 Å². The van der Waals surface area contributed by atoms with E-state index in [-0.39, 0.29) is 35.1 Å². The number of carbonyl (C=O) groups excluding carboxylic acids is 1. The number of carbonyl (C=O) groups is 1. The highest BCUT2D eigenvalue weighted by molar-refractivity contribution is 5.82. The normalized spacial score (nSPS) is 19.7. The number of hydrogen-bond donors (Lipinski definition) is 3. The predicted octanol–water partition coefficient (Wildman–Crippen LogP) is 2.66. The first-order valence-electron chi connectivity index (χ1n) is 7.08. The third-order valence-corrected chi connectivity index (χ3v) is 3.93. The van der Waals surface area contributed by atoms with E-state index < -0.39 is 0 Å². The van der Waals surface area contributed by atoms with Crippen molar-refractivity contribution in [1.82, 2.24) is 5.32 Å². The van der Waals surface area contributed by atoms with E-state index in [2.05, 4.69) is 5.32 Å². The van der Waals surface area contributed by atoms with Gasteiger partial charge in [-0.05, 0) is 47.7 Å². The topological polar surface area (TPSA) is 69.6 Å². The Kier molecular flexibility index (Phi) is 3.71. The summed E-state index contributed by atoms with van der Waals surface area (Å²) in [6, 6.07) is 10.6. The van der Waals surface area contributed by atoms with Crippen LogP contribution in [0, 0.1) is 11.7 Å². The second-order valence-electron chi connectivity index (χ2n) is 5.54. The second-order valence-corrected chi connectivity index (χ2v) is 5.54. The Morgan fingerprint density at radius 3 is 2.55 bits per heavy atom. The van der Waals surface area contributed by atoms with Crippen LogP contribution in [-0.2, 0) is 11.3 Å². The van der Waals surface area contributed by atoms with E-state index in [0.717, 1.165) is 17.5 Å². The number of hydrogen-bond acceptors (Lipinski definition) is 3. The first-order chi connectivity index (χ1) is 10.5. The number of rotatable bonds is 4. The Morgan fingerprint density at radius 2 is 1.86 bits per heavy atom. The van der Waals surface area contributed by atoms with Gasteiger partial charge in [-0.15, -0.1) is 0 Å². The Morgan fingerprint density at radius 1 is 1.14 bits per heavy atom. The lowest BCUT2D eigenvalue weighted by molar-refractivity contribution is -0.122. The molecule has 0 spiro atoms. The van der Waals surface area contributed by atoms with Gasteiger partial charge in [-0.2, -0.15) is 0 Å². The van der Waals surface area contributed by atoms with Crippen LogP contribution in [0.25, 0.3) is 0 Å². The number of amides is 1. The van der Waals surface area contributed by atoms with Gasteiger partial charge in [0.2, 0.25) is 5.91 Å². The minimum atomic E-state index is -0.301. The van der Waals surface area contributed by atoms with Crippen molar-refractivity contribution in [2.24, 2.45) is 5.92 Å². The molecule has 5 heteroatoms. The fraction of sp³-hybridized carbons (Fsp3) is 0.235. The number of benzene rings is 2. The molecule has 0 aromatic heterocycles. The summed E-state index contributed by atoms with van der Waals surface area (Å²) in [6.45, 7) is 0.364. The molecular formula is C17H16FNO3. The molecule has 3 rings (SSSR count). The number of halogens is 1. The van der Waals surface area contributed by atoms with Gasteiger partial charge in [-0.3, -0.25) is 4.79 Å². The lowest BCUT2D eigenvalue weighted by Crippen LogP contribution is -2.24. The van der Waals surface area contributed by atoms with Crippen molar-refractivity contribution in [3.05, 3.63) is 59.4 Å². The van der Waals surface area contributed by atoms with Crippen LogP contribution in [-0.4, -0.2) is 16.1 Å². The van der Waals surface area contributed by atoms with Crippen LogP contribution in [0.4, 0.5) is 4.39 Å². The van der Waals surface area contributed by atoms with E-state index in [4.69, 9.17) is 0 Å². The summed E-state index contributed by atoms with van der Waals surface area (Å²) < 4.78 is 12.8. The minimum absolute atomic E-state index is 0.0538. The molecule has 2 aromatic carbocycles. The highest BCUT2D eigenvalue weighted by Gasteiger charge is 2.43. The van der Waals surface area contributed by atoms with Gasteiger partial charge in [-0.1, -0.05) is 18.2 Å². The molecule has 2 unspecified atom stereocenters. The van der Waals surface area contributed by atoms with Crippen molar-refractivity contribution >= 4 is 5.91 Å². The fourth-order valence-corrected chi connectivity index (χ4v) is 2.55. The average molecular weight is 301 g/mol. The zero-order valence-electron chi connectivity index (χ0n) is 11.8. The van der Waals surface area contributed by atoms with Gasteiger partial charge in [0.05, 0.1) is 0 Å². The summed E-state index contributed by atoms with van der Waals surface area (Å²) in [4.78, 5) is 12.1.